The average molecular weight is 410 g/mol. The molecule has 0 saturated heterocycles. The summed E-state index contributed by atoms with van der Waals surface area (Å²) < 4.78 is 8.70. The standard InChI is InChI=1S/2C6H15N3.C5H10.HO3P/c2*1-2-3-4-5-6(7,8)9;1-2-4-5-3-1;1-4(2)3/h2*4-5H,2-3,7-9H2,1H3;1-5H2;(H-,1,2,3)/p+1/b2*5-4+;;. The van der Waals surface area contributed by atoms with Crippen molar-refractivity contribution >= 4 is 8.25 Å². The Hall–Kier alpha value is -0.740. The predicted octanol–water partition coefficient (Wildman–Crippen LogP) is 1.32. The summed E-state index contributed by atoms with van der Waals surface area (Å²) in [5.41, 5.74) is 31.5. The van der Waals surface area contributed by atoms with Crippen LogP contribution < -0.4 is 34.4 Å². The minimum atomic E-state index is -2.87. The highest BCUT2D eigenvalue weighted by Crippen LogP contribution is 2.15. The molecule has 1 aliphatic rings. The molecule has 0 heterocycles. The Morgan fingerprint density at radius 1 is 0.741 bits per heavy atom. The van der Waals surface area contributed by atoms with E-state index in [2.05, 4.69) is 13.8 Å². The zero-order valence-electron chi connectivity index (χ0n) is 16.9. The van der Waals surface area contributed by atoms with Gasteiger partial charge in [-0.15, -0.1) is 9.79 Å². The quantitative estimate of drug-likeness (QED) is 0.180. The maximum absolute atomic E-state index is 8.70. The summed E-state index contributed by atoms with van der Waals surface area (Å²) in [6, 6.07) is 0. The van der Waals surface area contributed by atoms with Crippen LogP contribution in [0.25, 0.3) is 0 Å². The van der Waals surface area contributed by atoms with Gasteiger partial charge in [0.15, 0.2) is 0 Å². The van der Waals surface area contributed by atoms with E-state index in [1.807, 2.05) is 12.2 Å². The van der Waals surface area contributed by atoms with Crippen molar-refractivity contribution in [3.63, 3.8) is 0 Å². The summed E-state index contributed by atoms with van der Waals surface area (Å²) in [6.07, 6.45) is 18.6. The van der Waals surface area contributed by atoms with Crippen molar-refractivity contribution in [2.24, 2.45) is 34.4 Å². The van der Waals surface area contributed by atoms with E-state index in [0.29, 0.717) is 0 Å². The minimum Gasteiger partial charge on any atom is -0.298 e. The fourth-order valence-electron chi connectivity index (χ4n) is 1.79. The van der Waals surface area contributed by atoms with Gasteiger partial charge in [0.25, 0.3) is 0 Å². The molecule has 14 N–H and O–H groups in total. The Morgan fingerprint density at radius 2 is 0.963 bits per heavy atom. The fourth-order valence-corrected chi connectivity index (χ4v) is 1.79. The molecule has 0 atom stereocenters. The molecule has 0 aliphatic heterocycles. The van der Waals surface area contributed by atoms with Crippen LogP contribution in [0.5, 0.6) is 0 Å². The van der Waals surface area contributed by atoms with Crippen molar-refractivity contribution in [2.75, 3.05) is 0 Å². The number of unbranched alkanes of at least 4 members (excludes halogenated alkanes) is 2. The van der Waals surface area contributed by atoms with Gasteiger partial charge in [0.1, 0.15) is 11.6 Å². The summed E-state index contributed by atoms with van der Waals surface area (Å²) in [6.45, 7) is 4.16. The lowest BCUT2D eigenvalue weighted by molar-refractivity contribution is 0.405. The molecule has 0 bridgehead atoms. The van der Waals surface area contributed by atoms with Gasteiger partial charge >= 0.3 is 8.25 Å². The van der Waals surface area contributed by atoms with Crippen LogP contribution in [0.2, 0.25) is 0 Å². The molecule has 0 aromatic heterocycles. The zero-order chi connectivity index (χ0) is 21.8. The van der Waals surface area contributed by atoms with Crippen LogP contribution in [-0.4, -0.2) is 21.4 Å². The Kier molecular flexibility index (Phi) is 22.9. The summed E-state index contributed by atoms with van der Waals surface area (Å²) in [5, 5.41) is 0. The van der Waals surface area contributed by atoms with E-state index in [1.54, 1.807) is 12.2 Å². The molecule has 0 unspecified atom stereocenters. The van der Waals surface area contributed by atoms with Gasteiger partial charge in [0, 0.05) is 4.57 Å². The van der Waals surface area contributed by atoms with Gasteiger partial charge in [-0.3, -0.25) is 34.4 Å². The summed E-state index contributed by atoms with van der Waals surface area (Å²) >= 11 is 0. The molecule has 1 saturated carbocycles. The van der Waals surface area contributed by atoms with Crippen molar-refractivity contribution in [2.45, 2.75) is 83.2 Å². The van der Waals surface area contributed by atoms with Crippen molar-refractivity contribution < 1.29 is 14.4 Å². The van der Waals surface area contributed by atoms with Crippen LogP contribution in [0.3, 0.4) is 0 Å². The van der Waals surface area contributed by atoms with Crippen LogP contribution in [0.15, 0.2) is 24.3 Å². The van der Waals surface area contributed by atoms with E-state index in [1.165, 1.54) is 32.1 Å². The van der Waals surface area contributed by atoms with Gasteiger partial charge in [-0.25, -0.2) is 0 Å². The first-order valence-corrected chi connectivity index (χ1v) is 10.5. The molecule has 162 valence electrons. The van der Waals surface area contributed by atoms with E-state index in [9.17, 15) is 0 Å². The van der Waals surface area contributed by atoms with Crippen molar-refractivity contribution in [3.8, 4) is 0 Å². The largest absolute Gasteiger partial charge is 0.692 e. The van der Waals surface area contributed by atoms with E-state index in [-0.39, 0.29) is 0 Å². The van der Waals surface area contributed by atoms with E-state index < -0.39 is 19.8 Å². The number of allylic oxidation sites excluding steroid dienone is 2. The highest BCUT2D eigenvalue weighted by Gasteiger charge is 2.03. The highest BCUT2D eigenvalue weighted by molar-refractivity contribution is 7.30. The molecule has 10 heteroatoms. The van der Waals surface area contributed by atoms with Gasteiger partial charge in [0.2, 0.25) is 0 Å². The zero-order valence-corrected chi connectivity index (χ0v) is 17.8. The van der Waals surface area contributed by atoms with Crippen LogP contribution >= 0.6 is 8.25 Å². The van der Waals surface area contributed by atoms with E-state index in [4.69, 9.17) is 48.8 Å². The molecule has 1 aliphatic carbocycles. The number of nitrogens with two attached hydrogens (primary N) is 6. The lowest BCUT2D eigenvalue weighted by Gasteiger charge is -2.11. The van der Waals surface area contributed by atoms with Crippen LogP contribution in [0, 0.1) is 0 Å². The molecule has 9 nitrogen and oxygen atoms in total. The van der Waals surface area contributed by atoms with Gasteiger partial charge in [-0.05, 0) is 25.0 Å². The van der Waals surface area contributed by atoms with Crippen molar-refractivity contribution in [1.82, 2.24) is 0 Å². The molecule has 0 radical (unpaired) electrons. The second-order valence-corrected chi connectivity index (χ2v) is 6.91. The number of rotatable bonds is 6. The average Bonchev–Trinajstić information content (AvgIpc) is 3.05. The maximum atomic E-state index is 8.70. The summed E-state index contributed by atoms with van der Waals surface area (Å²) in [4.78, 5) is 14.2. The van der Waals surface area contributed by atoms with Gasteiger partial charge in [0.05, 0.1) is 0 Å². The van der Waals surface area contributed by atoms with Crippen molar-refractivity contribution in [3.05, 3.63) is 24.3 Å². The lowest BCUT2D eigenvalue weighted by atomic mass is 10.2. The fraction of sp³-hybridized carbons (Fsp3) is 0.765. The molecule has 0 aromatic carbocycles. The molecule has 1 fully saturated rings. The van der Waals surface area contributed by atoms with Crippen LogP contribution in [-0.2, 0) is 4.57 Å². The second kappa shape index (κ2) is 20.0. The smallest absolute Gasteiger partial charge is 0.298 e. The number of hydrogen-bond acceptors (Lipinski definition) is 7. The molecular formula is C17H42N6O3P+. The van der Waals surface area contributed by atoms with Gasteiger partial charge in [-0.2, -0.15) is 0 Å². The normalized spacial score (nSPS) is 14.0. The molecule has 0 amide bonds. The van der Waals surface area contributed by atoms with Gasteiger partial charge in [-0.1, -0.05) is 70.9 Å². The minimum absolute atomic E-state index is 0.980. The first kappa shape index (κ1) is 31.0. The Bertz CT molecular complexity index is 352. The molecular weight excluding hydrogens is 367 g/mol. The first-order chi connectivity index (χ1) is 12.4. The van der Waals surface area contributed by atoms with Crippen molar-refractivity contribution in [1.29, 1.82) is 0 Å². The van der Waals surface area contributed by atoms with E-state index >= 15 is 0 Å². The Balaban J connectivity index is -0.000000299. The first-order valence-electron chi connectivity index (χ1n) is 9.29. The molecule has 0 aromatic rings. The summed E-state index contributed by atoms with van der Waals surface area (Å²) in [5.74, 6) is -2.26. The molecule has 0 spiro atoms. The maximum Gasteiger partial charge on any atom is 0.692 e. The lowest BCUT2D eigenvalue weighted by Crippen LogP contribution is -2.56. The third-order valence-corrected chi connectivity index (χ3v) is 2.97. The molecule has 1 rings (SSSR count). The SMILES string of the molecule is C1CCCC1.CCC/C=C/C(N)(N)N.CCC/C=C/C(N)(N)N.O=[P+](O)O. The number of hydrogen-bond donors (Lipinski definition) is 8. The van der Waals surface area contributed by atoms with E-state index in [0.717, 1.165) is 25.7 Å². The highest BCUT2D eigenvalue weighted by atomic mass is 31.1. The Labute approximate surface area is 165 Å². The molecule has 27 heavy (non-hydrogen) atoms. The topological polar surface area (TPSA) is 214 Å². The second-order valence-electron chi connectivity index (χ2n) is 6.40. The van der Waals surface area contributed by atoms with Crippen LogP contribution in [0.4, 0.5) is 0 Å². The Morgan fingerprint density at radius 3 is 1.11 bits per heavy atom. The third kappa shape index (κ3) is 51.7. The summed E-state index contributed by atoms with van der Waals surface area (Å²) in [7, 11) is -2.87. The monoisotopic (exact) mass is 409 g/mol. The predicted molar refractivity (Wildman–Crippen MR) is 114 cm³/mol. The van der Waals surface area contributed by atoms with Crippen LogP contribution in [0.1, 0.15) is 71.6 Å². The van der Waals surface area contributed by atoms with Gasteiger partial charge < -0.3 is 0 Å². The third-order valence-electron chi connectivity index (χ3n) is 2.97.